The number of carbonyl (C=O) groups excluding carboxylic acids is 2. The Bertz CT molecular complexity index is 1470. The van der Waals surface area contributed by atoms with Gasteiger partial charge in [-0.3, -0.25) is 14.6 Å². The number of methoxy groups -OCH3 is 1. The standard InChI is InChI=1S/C26H24N4O5/c1-4-30-25(32)23(28-21-14-27-13-18-9-5-6-11-20(18)21)22(16(2)31)24(29-30)26(33)35-15-17-8-7-10-19(12-17)34-3/h5-14,28H,4,15H2,1-3H3. The molecule has 0 unspecified atom stereocenters. The predicted molar refractivity (Wildman–Crippen MR) is 131 cm³/mol. The van der Waals surface area contributed by atoms with Gasteiger partial charge in [0.1, 0.15) is 18.0 Å². The fraction of sp³-hybridized carbons (Fsp3) is 0.192. The minimum absolute atomic E-state index is 0.0548. The van der Waals surface area contributed by atoms with E-state index in [4.69, 9.17) is 9.47 Å². The summed E-state index contributed by atoms with van der Waals surface area (Å²) >= 11 is 0. The van der Waals surface area contributed by atoms with Crippen LogP contribution in [0.25, 0.3) is 10.8 Å². The van der Waals surface area contributed by atoms with Crippen LogP contribution in [0.1, 0.15) is 40.3 Å². The molecule has 0 aliphatic carbocycles. The number of rotatable bonds is 8. The number of Topliss-reactive ketones (excluding diaryl/α,β-unsaturated/α-hetero) is 1. The van der Waals surface area contributed by atoms with Crippen LogP contribution in [0.15, 0.2) is 65.7 Å². The largest absolute Gasteiger partial charge is 0.497 e. The number of aromatic nitrogens is 3. The van der Waals surface area contributed by atoms with Crippen molar-refractivity contribution in [2.45, 2.75) is 27.0 Å². The van der Waals surface area contributed by atoms with Gasteiger partial charge in [0.2, 0.25) is 0 Å². The number of pyridine rings is 1. The molecular formula is C26H24N4O5. The molecule has 9 heteroatoms. The Morgan fingerprint density at radius 2 is 1.89 bits per heavy atom. The highest BCUT2D eigenvalue weighted by atomic mass is 16.5. The van der Waals surface area contributed by atoms with Gasteiger partial charge in [-0.15, -0.1) is 0 Å². The van der Waals surface area contributed by atoms with E-state index >= 15 is 0 Å². The molecule has 2 heterocycles. The molecule has 0 amide bonds. The van der Waals surface area contributed by atoms with Crippen molar-refractivity contribution in [1.29, 1.82) is 0 Å². The number of ether oxygens (including phenoxy) is 2. The maximum atomic E-state index is 13.2. The highest BCUT2D eigenvalue weighted by Gasteiger charge is 2.26. The van der Waals surface area contributed by atoms with Crippen LogP contribution in [0.3, 0.4) is 0 Å². The molecule has 0 atom stereocenters. The molecule has 2 aromatic carbocycles. The van der Waals surface area contributed by atoms with Crippen LogP contribution in [-0.4, -0.2) is 33.6 Å². The van der Waals surface area contributed by atoms with E-state index in [0.29, 0.717) is 17.0 Å². The number of nitrogens with zero attached hydrogens (tertiary/aromatic N) is 3. The molecule has 0 bridgehead atoms. The molecule has 4 rings (SSSR count). The number of anilines is 2. The molecule has 0 radical (unpaired) electrons. The average molecular weight is 473 g/mol. The summed E-state index contributed by atoms with van der Waals surface area (Å²) in [7, 11) is 1.54. The first-order valence-corrected chi connectivity index (χ1v) is 11.0. The fourth-order valence-electron chi connectivity index (χ4n) is 3.72. The summed E-state index contributed by atoms with van der Waals surface area (Å²) in [5, 5.41) is 8.85. The van der Waals surface area contributed by atoms with E-state index in [-0.39, 0.29) is 30.1 Å². The quantitative estimate of drug-likeness (QED) is 0.301. The third-order valence-corrected chi connectivity index (χ3v) is 5.43. The van der Waals surface area contributed by atoms with Gasteiger partial charge in [-0.1, -0.05) is 36.4 Å². The zero-order valence-corrected chi connectivity index (χ0v) is 19.6. The number of aryl methyl sites for hydroxylation is 1. The molecule has 0 saturated carbocycles. The lowest BCUT2D eigenvalue weighted by atomic mass is 10.1. The third-order valence-electron chi connectivity index (χ3n) is 5.43. The lowest BCUT2D eigenvalue weighted by molar-refractivity contribution is 0.0459. The second kappa shape index (κ2) is 10.2. The minimum Gasteiger partial charge on any atom is -0.497 e. The molecule has 0 aliphatic heterocycles. The van der Waals surface area contributed by atoms with Crippen LogP contribution in [0.5, 0.6) is 5.75 Å². The monoisotopic (exact) mass is 472 g/mol. The molecule has 178 valence electrons. The van der Waals surface area contributed by atoms with Crippen molar-refractivity contribution in [2.75, 3.05) is 12.4 Å². The van der Waals surface area contributed by atoms with E-state index in [1.165, 1.54) is 6.92 Å². The van der Waals surface area contributed by atoms with Crippen molar-refractivity contribution in [3.63, 3.8) is 0 Å². The molecule has 1 N–H and O–H groups in total. The van der Waals surface area contributed by atoms with E-state index in [9.17, 15) is 14.4 Å². The van der Waals surface area contributed by atoms with Gasteiger partial charge in [-0.05, 0) is 31.5 Å². The number of esters is 1. The van der Waals surface area contributed by atoms with Crippen LogP contribution < -0.4 is 15.6 Å². The fourth-order valence-corrected chi connectivity index (χ4v) is 3.72. The number of hydrogen-bond donors (Lipinski definition) is 1. The average Bonchev–Trinajstić information content (AvgIpc) is 2.88. The summed E-state index contributed by atoms with van der Waals surface area (Å²) in [5.41, 5.74) is 0.259. The van der Waals surface area contributed by atoms with Crippen molar-refractivity contribution in [3.8, 4) is 5.75 Å². The Morgan fingerprint density at radius 1 is 1.09 bits per heavy atom. The Morgan fingerprint density at radius 3 is 2.63 bits per heavy atom. The van der Waals surface area contributed by atoms with Crippen LogP contribution in [-0.2, 0) is 17.9 Å². The molecule has 0 fully saturated rings. The Hall–Kier alpha value is -4.53. The van der Waals surface area contributed by atoms with Gasteiger partial charge in [0.15, 0.2) is 11.5 Å². The zero-order valence-electron chi connectivity index (χ0n) is 19.6. The molecule has 0 saturated heterocycles. The lowest BCUT2D eigenvalue weighted by Gasteiger charge is -2.16. The van der Waals surface area contributed by atoms with E-state index in [0.717, 1.165) is 15.5 Å². The van der Waals surface area contributed by atoms with Gasteiger partial charge in [-0.2, -0.15) is 5.10 Å². The van der Waals surface area contributed by atoms with Crippen molar-refractivity contribution in [2.24, 2.45) is 0 Å². The molecular weight excluding hydrogens is 448 g/mol. The van der Waals surface area contributed by atoms with Gasteiger partial charge >= 0.3 is 5.97 Å². The SMILES string of the molecule is CCn1nc(C(=O)OCc2cccc(OC)c2)c(C(C)=O)c(Nc2cncc3ccccc23)c1=O. The van der Waals surface area contributed by atoms with Crippen LogP contribution >= 0.6 is 0 Å². The summed E-state index contributed by atoms with van der Waals surface area (Å²) in [6.45, 7) is 3.13. The normalized spacial score (nSPS) is 10.7. The lowest BCUT2D eigenvalue weighted by Crippen LogP contribution is -2.31. The Balaban J connectivity index is 1.76. The van der Waals surface area contributed by atoms with Crippen LogP contribution in [0, 0.1) is 0 Å². The first kappa shape index (κ1) is 23.6. The van der Waals surface area contributed by atoms with E-state index in [2.05, 4.69) is 15.4 Å². The molecule has 9 nitrogen and oxygen atoms in total. The first-order valence-electron chi connectivity index (χ1n) is 11.0. The Labute approximate surface area is 201 Å². The molecule has 0 spiro atoms. The second-order valence-electron chi connectivity index (χ2n) is 7.74. The summed E-state index contributed by atoms with van der Waals surface area (Å²) in [6.07, 6.45) is 3.26. The van der Waals surface area contributed by atoms with Crippen molar-refractivity contribution >= 4 is 33.9 Å². The number of benzene rings is 2. The van der Waals surface area contributed by atoms with Gasteiger partial charge < -0.3 is 14.8 Å². The van der Waals surface area contributed by atoms with Crippen molar-refractivity contribution in [3.05, 3.63) is 88.1 Å². The van der Waals surface area contributed by atoms with Gasteiger partial charge in [0.25, 0.3) is 5.56 Å². The smallest absolute Gasteiger partial charge is 0.359 e. The summed E-state index contributed by atoms with van der Waals surface area (Å²) in [5.74, 6) is -0.697. The third kappa shape index (κ3) is 4.89. The first-order chi connectivity index (χ1) is 16.9. The van der Waals surface area contributed by atoms with Crippen LogP contribution in [0.2, 0.25) is 0 Å². The Kier molecular flexibility index (Phi) is 6.86. The molecule has 2 aromatic heterocycles. The van der Waals surface area contributed by atoms with Gasteiger partial charge in [-0.25, -0.2) is 9.48 Å². The van der Waals surface area contributed by atoms with E-state index in [1.54, 1.807) is 50.7 Å². The van der Waals surface area contributed by atoms with Crippen molar-refractivity contribution < 1.29 is 19.1 Å². The zero-order chi connectivity index (χ0) is 24.9. The molecule has 4 aromatic rings. The minimum atomic E-state index is -0.820. The predicted octanol–water partition coefficient (Wildman–Crippen LogP) is 4.12. The summed E-state index contributed by atoms with van der Waals surface area (Å²) in [6, 6.07) is 14.6. The summed E-state index contributed by atoms with van der Waals surface area (Å²) in [4.78, 5) is 43.2. The number of carbonyl (C=O) groups is 2. The van der Waals surface area contributed by atoms with E-state index in [1.807, 2.05) is 24.3 Å². The molecule has 0 aliphatic rings. The van der Waals surface area contributed by atoms with Gasteiger partial charge in [0, 0.05) is 23.5 Å². The van der Waals surface area contributed by atoms with E-state index < -0.39 is 17.3 Å². The second-order valence-corrected chi connectivity index (χ2v) is 7.74. The van der Waals surface area contributed by atoms with Crippen molar-refractivity contribution in [1.82, 2.24) is 14.8 Å². The number of fused-ring (bicyclic) bond motifs is 1. The van der Waals surface area contributed by atoms with Crippen LogP contribution in [0.4, 0.5) is 11.4 Å². The maximum absolute atomic E-state index is 13.2. The maximum Gasteiger partial charge on any atom is 0.359 e. The topological polar surface area (TPSA) is 112 Å². The highest BCUT2D eigenvalue weighted by Crippen LogP contribution is 2.27. The number of nitrogens with one attached hydrogen (secondary N) is 1. The number of ketones is 1. The summed E-state index contributed by atoms with van der Waals surface area (Å²) < 4.78 is 11.8. The number of hydrogen-bond acceptors (Lipinski definition) is 8. The highest BCUT2D eigenvalue weighted by molar-refractivity contribution is 6.09. The van der Waals surface area contributed by atoms with Gasteiger partial charge in [0.05, 0.1) is 24.6 Å². The molecule has 35 heavy (non-hydrogen) atoms.